The monoisotopic (exact) mass is 323 g/mol. The number of rotatable bonds is 4. The van der Waals surface area contributed by atoms with Gasteiger partial charge in [0.05, 0.1) is 17.2 Å². The lowest BCUT2D eigenvalue weighted by molar-refractivity contribution is -0.136. The van der Waals surface area contributed by atoms with E-state index in [1.165, 1.54) is 16.7 Å². The lowest BCUT2D eigenvalue weighted by atomic mass is 10.0. The van der Waals surface area contributed by atoms with Gasteiger partial charge in [0.2, 0.25) is 5.91 Å². The van der Waals surface area contributed by atoms with Crippen molar-refractivity contribution in [3.8, 4) is 6.07 Å². The zero-order valence-electron chi connectivity index (χ0n) is 12.7. The molecule has 4 nitrogen and oxygen atoms in total. The Kier molecular flexibility index (Phi) is 4.37. The SMILES string of the molecule is CC(C)Cc1cc2c(C(F)(F)F)c(C#N)ccc2n1CC(N)=O. The molecule has 0 aliphatic carbocycles. The Hall–Kier alpha value is -2.49. The Bertz CT molecular complexity index is 797. The lowest BCUT2D eigenvalue weighted by Gasteiger charge is -2.12. The first-order valence-corrected chi connectivity index (χ1v) is 7.05. The molecule has 2 N–H and O–H groups in total. The normalized spacial score (nSPS) is 11.9. The highest BCUT2D eigenvalue weighted by atomic mass is 19.4. The Labute approximate surface area is 131 Å². The first-order chi connectivity index (χ1) is 10.6. The predicted molar refractivity (Wildman–Crippen MR) is 79.4 cm³/mol. The molecule has 0 saturated heterocycles. The van der Waals surface area contributed by atoms with Crippen LogP contribution in [0.5, 0.6) is 0 Å². The number of nitriles is 1. The number of carbonyl (C=O) groups is 1. The van der Waals surface area contributed by atoms with Crippen LogP contribution in [0.25, 0.3) is 10.9 Å². The third-order valence-electron chi connectivity index (χ3n) is 3.51. The summed E-state index contributed by atoms with van der Waals surface area (Å²) < 4.78 is 41.6. The summed E-state index contributed by atoms with van der Waals surface area (Å²) in [5.74, 6) is -0.443. The van der Waals surface area contributed by atoms with E-state index >= 15 is 0 Å². The van der Waals surface area contributed by atoms with Crippen molar-refractivity contribution < 1.29 is 18.0 Å². The zero-order chi connectivity index (χ0) is 17.4. The summed E-state index contributed by atoms with van der Waals surface area (Å²) >= 11 is 0. The van der Waals surface area contributed by atoms with E-state index < -0.39 is 23.2 Å². The van der Waals surface area contributed by atoms with Crippen LogP contribution in [0.1, 0.15) is 30.7 Å². The Morgan fingerprint density at radius 1 is 1.39 bits per heavy atom. The van der Waals surface area contributed by atoms with Gasteiger partial charge in [-0.1, -0.05) is 13.8 Å². The van der Waals surface area contributed by atoms with Crippen molar-refractivity contribution in [3.05, 3.63) is 35.0 Å². The first-order valence-electron chi connectivity index (χ1n) is 7.05. The van der Waals surface area contributed by atoms with Gasteiger partial charge in [0.25, 0.3) is 0 Å². The highest BCUT2D eigenvalue weighted by Gasteiger charge is 2.36. The predicted octanol–water partition coefficient (Wildman–Crippen LogP) is 3.22. The van der Waals surface area contributed by atoms with Crippen molar-refractivity contribution >= 4 is 16.8 Å². The Balaban J connectivity index is 2.82. The minimum atomic E-state index is -4.65. The van der Waals surface area contributed by atoms with Crippen molar-refractivity contribution in [2.45, 2.75) is 33.0 Å². The van der Waals surface area contributed by atoms with Crippen LogP contribution in [0.4, 0.5) is 13.2 Å². The minimum absolute atomic E-state index is 0.0755. The van der Waals surface area contributed by atoms with Crippen molar-refractivity contribution in [1.29, 1.82) is 5.26 Å². The second-order valence-electron chi connectivity index (χ2n) is 5.82. The van der Waals surface area contributed by atoms with Crippen LogP contribution in [-0.4, -0.2) is 10.5 Å². The number of hydrogen-bond acceptors (Lipinski definition) is 2. The molecule has 1 amide bonds. The van der Waals surface area contributed by atoms with E-state index in [0.29, 0.717) is 12.1 Å². The maximum Gasteiger partial charge on any atom is 0.418 e. The van der Waals surface area contributed by atoms with E-state index in [1.54, 1.807) is 6.07 Å². The molecule has 23 heavy (non-hydrogen) atoms. The molecular weight excluding hydrogens is 307 g/mol. The molecule has 0 bridgehead atoms. The maximum atomic E-state index is 13.4. The van der Waals surface area contributed by atoms with Crippen LogP contribution >= 0.6 is 0 Å². The Morgan fingerprint density at radius 3 is 2.52 bits per heavy atom. The summed E-state index contributed by atoms with van der Waals surface area (Å²) in [6, 6.07) is 5.54. The topological polar surface area (TPSA) is 71.8 Å². The van der Waals surface area contributed by atoms with Crippen LogP contribution in [0.15, 0.2) is 18.2 Å². The molecule has 122 valence electrons. The number of nitrogens with two attached hydrogens (primary N) is 1. The molecule has 2 aromatic rings. The van der Waals surface area contributed by atoms with Crippen LogP contribution in [-0.2, 0) is 23.9 Å². The van der Waals surface area contributed by atoms with Gasteiger partial charge in [-0.15, -0.1) is 0 Å². The fraction of sp³-hybridized carbons (Fsp3) is 0.375. The second-order valence-corrected chi connectivity index (χ2v) is 5.82. The fourth-order valence-corrected chi connectivity index (χ4v) is 2.72. The molecule has 1 heterocycles. The number of amides is 1. The molecule has 0 atom stereocenters. The number of nitrogens with zero attached hydrogens (tertiary/aromatic N) is 2. The molecule has 0 spiro atoms. The van der Waals surface area contributed by atoms with Gasteiger partial charge in [-0.2, -0.15) is 18.4 Å². The van der Waals surface area contributed by atoms with Gasteiger partial charge in [-0.05, 0) is 30.5 Å². The minimum Gasteiger partial charge on any atom is -0.368 e. The number of primary amides is 1. The molecule has 2 rings (SSSR count). The lowest BCUT2D eigenvalue weighted by Crippen LogP contribution is -2.20. The van der Waals surface area contributed by atoms with Crippen molar-refractivity contribution in [3.63, 3.8) is 0 Å². The average molecular weight is 323 g/mol. The largest absolute Gasteiger partial charge is 0.418 e. The number of fused-ring (bicyclic) bond motifs is 1. The highest BCUT2D eigenvalue weighted by Crippen LogP contribution is 2.38. The number of benzene rings is 1. The summed E-state index contributed by atoms with van der Waals surface area (Å²) in [6.45, 7) is 3.66. The van der Waals surface area contributed by atoms with Gasteiger partial charge < -0.3 is 10.3 Å². The van der Waals surface area contributed by atoms with Crippen LogP contribution < -0.4 is 5.73 Å². The molecule has 0 radical (unpaired) electrons. The fourth-order valence-electron chi connectivity index (χ4n) is 2.72. The highest BCUT2D eigenvalue weighted by molar-refractivity contribution is 5.89. The average Bonchev–Trinajstić information content (AvgIpc) is 2.72. The summed E-state index contributed by atoms with van der Waals surface area (Å²) in [6.07, 6.45) is -4.15. The van der Waals surface area contributed by atoms with E-state index in [2.05, 4.69) is 0 Å². The van der Waals surface area contributed by atoms with E-state index in [1.807, 2.05) is 13.8 Å². The second kappa shape index (κ2) is 5.95. The van der Waals surface area contributed by atoms with Crippen LogP contribution in [0.2, 0.25) is 0 Å². The molecule has 1 aromatic heterocycles. The van der Waals surface area contributed by atoms with Crippen molar-refractivity contribution in [2.24, 2.45) is 11.7 Å². The number of alkyl halides is 3. The molecule has 0 unspecified atom stereocenters. The van der Waals surface area contributed by atoms with Gasteiger partial charge in [-0.3, -0.25) is 4.79 Å². The van der Waals surface area contributed by atoms with Crippen LogP contribution in [0, 0.1) is 17.2 Å². The maximum absolute atomic E-state index is 13.4. The van der Waals surface area contributed by atoms with Crippen molar-refractivity contribution in [1.82, 2.24) is 4.57 Å². The third kappa shape index (κ3) is 3.31. The van der Waals surface area contributed by atoms with Crippen molar-refractivity contribution in [2.75, 3.05) is 0 Å². The summed E-state index contributed by atoms with van der Waals surface area (Å²) in [4.78, 5) is 11.3. The molecular formula is C16H16F3N3O. The zero-order valence-corrected chi connectivity index (χ0v) is 12.7. The molecule has 0 saturated carbocycles. The third-order valence-corrected chi connectivity index (χ3v) is 3.51. The first kappa shape index (κ1) is 16.9. The van der Waals surface area contributed by atoms with E-state index in [9.17, 15) is 18.0 Å². The summed E-state index contributed by atoms with van der Waals surface area (Å²) in [5.41, 5.74) is 4.67. The van der Waals surface area contributed by atoms with Crippen LogP contribution in [0.3, 0.4) is 0 Å². The van der Waals surface area contributed by atoms with Gasteiger partial charge in [0.15, 0.2) is 0 Å². The molecule has 0 aliphatic rings. The number of halogens is 3. The standard InChI is InChI=1S/C16H16F3N3O/c1-9(2)5-11-6-12-13(22(11)8-14(21)23)4-3-10(7-20)15(12)16(17,18)19/h3-4,6,9H,5,8H2,1-2H3,(H2,21,23). The van der Waals surface area contributed by atoms with Gasteiger partial charge in [0, 0.05) is 16.6 Å². The smallest absolute Gasteiger partial charge is 0.368 e. The van der Waals surface area contributed by atoms with Gasteiger partial charge >= 0.3 is 6.18 Å². The number of carbonyl (C=O) groups excluding carboxylic acids is 1. The van der Waals surface area contributed by atoms with E-state index in [-0.39, 0.29) is 23.4 Å². The molecule has 1 aromatic carbocycles. The molecule has 0 aliphatic heterocycles. The molecule has 7 heteroatoms. The van der Waals surface area contributed by atoms with E-state index in [0.717, 1.165) is 6.07 Å². The van der Waals surface area contributed by atoms with Gasteiger partial charge in [-0.25, -0.2) is 0 Å². The Morgan fingerprint density at radius 2 is 2.04 bits per heavy atom. The molecule has 0 fully saturated rings. The van der Waals surface area contributed by atoms with Gasteiger partial charge in [0.1, 0.15) is 6.54 Å². The quantitative estimate of drug-likeness (QED) is 0.938. The van der Waals surface area contributed by atoms with E-state index in [4.69, 9.17) is 11.0 Å². The number of hydrogen-bond donors (Lipinski definition) is 1. The summed E-state index contributed by atoms with van der Waals surface area (Å²) in [5, 5.41) is 8.90. The summed E-state index contributed by atoms with van der Waals surface area (Å²) in [7, 11) is 0. The number of aromatic nitrogens is 1.